The summed E-state index contributed by atoms with van der Waals surface area (Å²) in [7, 11) is 0. The van der Waals surface area contributed by atoms with Gasteiger partial charge in [-0.3, -0.25) is 0 Å². The Morgan fingerprint density at radius 2 is 2.24 bits per heavy atom. The SMILES string of the molecule is CC(C)(C)OC(=O)c1nccc2c1CNCC2. The van der Waals surface area contributed by atoms with E-state index in [9.17, 15) is 4.79 Å². The van der Waals surface area contributed by atoms with Crippen LogP contribution in [-0.4, -0.2) is 23.1 Å². The molecule has 2 heterocycles. The summed E-state index contributed by atoms with van der Waals surface area (Å²) in [6.07, 6.45) is 2.62. The molecule has 4 heteroatoms. The maximum atomic E-state index is 12.0. The van der Waals surface area contributed by atoms with Crippen LogP contribution in [0, 0.1) is 0 Å². The highest BCUT2D eigenvalue weighted by Crippen LogP contribution is 2.19. The molecule has 17 heavy (non-hydrogen) atoms. The van der Waals surface area contributed by atoms with Gasteiger partial charge < -0.3 is 10.1 Å². The quantitative estimate of drug-likeness (QED) is 0.751. The van der Waals surface area contributed by atoms with Gasteiger partial charge in [-0.25, -0.2) is 9.78 Å². The molecule has 0 spiro atoms. The molecule has 0 bridgehead atoms. The van der Waals surface area contributed by atoms with Crippen LogP contribution in [0.5, 0.6) is 0 Å². The minimum absolute atomic E-state index is 0.335. The fourth-order valence-electron chi connectivity index (χ4n) is 1.90. The molecule has 1 aromatic heterocycles. The number of pyridine rings is 1. The van der Waals surface area contributed by atoms with Crippen molar-refractivity contribution in [3.8, 4) is 0 Å². The van der Waals surface area contributed by atoms with Gasteiger partial charge in [-0.05, 0) is 45.4 Å². The van der Waals surface area contributed by atoms with Crippen LogP contribution >= 0.6 is 0 Å². The van der Waals surface area contributed by atoms with Gasteiger partial charge in [0.1, 0.15) is 5.60 Å². The number of ether oxygens (including phenoxy) is 1. The first-order chi connectivity index (χ1) is 7.97. The lowest BCUT2D eigenvalue weighted by Crippen LogP contribution is -2.29. The number of nitrogens with one attached hydrogen (secondary N) is 1. The van der Waals surface area contributed by atoms with Gasteiger partial charge in [-0.1, -0.05) is 0 Å². The van der Waals surface area contributed by atoms with Crippen molar-refractivity contribution in [3.63, 3.8) is 0 Å². The smallest absolute Gasteiger partial charge is 0.357 e. The third kappa shape index (κ3) is 2.82. The minimum atomic E-state index is -0.483. The maximum absolute atomic E-state index is 12.0. The van der Waals surface area contributed by atoms with Gasteiger partial charge in [0.2, 0.25) is 0 Å². The number of hydrogen-bond donors (Lipinski definition) is 1. The summed E-state index contributed by atoms with van der Waals surface area (Å²) < 4.78 is 5.36. The normalized spacial score (nSPS) is 15.2. The van der Waals surface area contributed by atoms with Crippen LogP contribution in [0.15, 0.2) is 12.3 Å². The maximum Gasteiger partial charge on any atom is 0.357 e. The highest BCUT2D eigenvalue weighted by molar-refractivity contribution is 5.89. The van der Waals surface area contributed by atoms with E-state index in [-0.39, 0.29) is 5.97 Å². The average molecular weight is 234 g/mol. The standard InChI is InChI=1S/C13H18N2O2/c1-13(2,3)17-12(16)11-10-8-14-6-4-9(10)5-7-15-11/h5,7,14H,4,6,8H2,1-3H3. The van der Waals surface area contributed by atoms with E-state index >= 15 is 0 Å². The Morgan fingerprint density at radius 3 is 2.94 bits per heavy atom. The lowest BCUT2D eigenvalue weighted by Gasteiger charge is -2.22. The monoisotopic (exact) mass is 234 g/mol. The summed E-state index contributed by atoms with van der Waals surface area (Å²) in [6.45, 7) is 7.22. The molecule has 0 saturated carbocycles. The zero-order valence-corrected chi connectivity index (χ0v) is 10.5. The van der Waals surface area contributed by atoms with Gasteiger partial charge in [0, 0.05) is 18.3 Å². The van der Waals surface area contributed by atoms with Crippen LogP contribution in [0.1, 0.15) is 42.4 Å². The molecule has 1 N–H and O–H groups in total. The van der Waals surface area contributed by atoms with E-state index in [2.05, 4.69) is 10.3 Å². The number of hydrogen-bond acceptors (Lipinski definition) is 4. The van der Waals surface area contributed by atoms with Gasteiger partial charge in [0.05, 0.1) is 0 Å². The topological polar surface area (TPSA) is 51.2 Å². The summed E-state index contributed by atoms with van der Waals surface area (Å²) in [5.74, 6) is -0.335. The lowest BCUT2D eigenvalue weighted by molar-refractivity contribution is 0.00610. The molecule has 0 amide bonds. The Kier molecular flexibility index (Phi) is 3.15. The summed E-state index contributed by atoms with van der Waals surface area (Å²) in [6, 6.07) is 1.98. The van der Waals surface area contributed by atoms with Gasteiger partial charge in [-0.2, -0.15) is 0 Å². The number of carbonyl (C=O) groups excluding carboxylic acids is 1. The van der Waals surface area contributed by atoms with Crippen molar-refractivity contribution in [2.45, 2.75) is 39.3 Å². The number of esters is 1. The minimum Gasteiger partial charge on any atom is -0.455 e. The van der Waals surface area contributed by atoms with E-state index in [1.165, 1.54) is 5.56 Å². The molecule has 4 nitrogen and oxygen atoms in total. The summed E-state index contributed by atoms with van der Waals surface area (Å²) in [5.41, 5.74) is 2.14. The highest BCUT2D eigenvalue weighted by Gasteiger charge is 2.23. The van der Waals surface area contributed by atoms with Crippen molar-refractivity contribution < 1.29 is 9.53 Å². The van der Waals surface area contributed by atoms with Crippen LogP contribution in [0.2, 0.25) is 0 Å². The molecule has 0 atom stereocenters. The third-order valence-electron chi connectivity index (χ3n) is 2.62. The van der Waals surface area contributed by atoms with Crippen LogP contribution in [0.3, 0.4) is 0 Å². The third-order valence-corrected chi connectivity index (χ3v) is 2.62. The predicted molar refractivity (Wildman–Crippen MR) is 64.8 cm³/mol. The molecular formula is C13H18N2O2. The molecular weight excluding hydrogens is 216 g/mol. The van der Waals surface area contributed by atoms with E-state index in [0.717, 1.165) is 18.5 Å². The van der Waals surface area contributed by atoms with Crippen LogP contribution < -0.4 is 5.32 Å². The van der Waals surface area contributed by atoms with Crippen LogP contribution in [-0.2, 0) is 17.7 Å². The van der Waals surface area contributed by atoms with Gasteiger partial charge in [0.25, 0.3) is 0 Å². The van der Waals surface area contributed by atoms with Gasteiger partial charge in [0.15, 0.2) is 5.69 Å². The molecule has 1 aliphatic rings. The van der Waals surface area contributed by atoms with Crippen LogP contribution in [0.25, 0.3) is 0 Å². The fourth-order valence-corrected chi connectivity index (χ4v) is 1.90. The molecule has 0 aliphatic carbocycles. The summed E-state index contributed by atoms with van der Waals surface area (Å²) >= 11 is 0. The first-order valence-corrected chi connectivity index (χ1v) is 5.88. The molecule has 0 radical (unpaired) electrons. The van der Waals surface area contributed by atoms with E-state index in [4.69, 9.17) is 4.74 Å². The number of fused-ring (bicyclic) bond motifs is 1. The average Bonchev–Trinajstić information content (AvgIpc) is 2.26. The first-order valence-electron chi connectivity index (χ1n) is 5.88. The molecule has 0 fully saturated rings. The van der Waals surface area contributed by atoms with E-state index in [0.29, 0.717) is 12.2 Å². The van der Waals surface area contributed by atoms with E-state index in [1.54, 1.807) is 6.20 Å². The van der Waals surface area contributed by atoms with Crippen molar-refractivity contribution in [1.29, 1.82) is 0 Å². The largest absolute Gasteiger partial charge is 0.455 e. The number of aromatic nitrogens is 1. The molecule has 92 valence electrons. The lowest BCUT2D eigenvalue weighted by atomic mass is 10.0. The van der Waals surface area contributed by atoms with Crippen molar-refractivity contribution in [3.05, 3.63) is 29.1 Å². The Balaban J connectivity index is 2.29. The molecule has 1 aliphatic heterocycles. The number of carbonyl (C=O) groups is 1. The van der Waals surface area contributed by atoms with Crippen molar-refractivity contribution in [2.75, 3.05) is 6.54 Å². The zero-order valence-electron chi connectivity index (χ0n) is 10.5. The number of rotatable bonds is 1. The molecule has 1 aromatic rings. The van der Waals surface area contributed by atoms with Gasteiger partial charge >= 0.3 is 5.97 Å². The van der Waals surface area contributed by atoms with Crippen molar-refractivity contribution in [1.82, 2.24) is 10.3 Å². The zero-order chi connectivity index (χ0) is 12.5. The second kappa shape index (κ2) is 4.45. The van der Waals surface area contributed by atoms with E-state index < -0.39 is 5.60 Å². The molecule has 0 saturated heterocycles. The summed E-state index contributed by atoms with van der Waals surface area (Å²) in [5, 5.41) is 3.25. The van der Waals surface area contributed by atoms with Crippen LogP contribution in [0.4, 0.5) is 0 Å². The number of nitrogens with zero attached hydrogens (tertiary/aromatic N) is 1. The molecule has 0 unspecified atom stereocenters. The Morgan fingerprint density at radius 1 is 1.47 bits per heavy atom. The Labute approximate surface area is 101 Å². The second-order valence-electron chi connectivity index (χ2n) is 5.23. The Hall–Kier alpha value is -1.42. The first kappa shape index (κ1) is 12.0. The molecule has 0 aromatic carbocycles. The van der Waals surface area contributed by atoms with Crippen molar-refractivity contribution >= 4 is 5.97 Å². The molecule has 2 rings (SSSR count). The van der Waals surface area contributed by atoms with Crippen molar-refractivity contribution in [2.24, 2.45) is 0 Å². The second-order valence-corrected chi connectivity index (χ2v) is 5.23. The Bertz CT molecular complexity index is 436. The predicted octanol–water partition coefficient (Wildman–Crippen LogP) is 1.68. The summed E-state index contributed by atoms with van der Waals surface area (Å²) in [4.78, 5) is 16.2. The fraction of sp³-hybridized carbons (Fsp3) is 0.538. The van der Waals surface area contributed by atoms with E-state index in [1.807, 2.05) is 26.8 Å². The highest BCUT2D eigenvalue weighted by atomic mass is 16.6. The van der Waals surface area contributed by atoms with Gasteiger partial charge in [-0.15, -0.1) is 0 Å².